The molecule has 1 aliphatic carbocycles. The maximum atomic E-state index is 13.5. The number of hydrogen-bond acceptors (Lipinski definition) is 1. The van der Waals surface area contributed by atoms with Crippen molar-refractivity contribution in [1.29, 1.82) is 0 Å². The first-order valence-corrected chi connectivity index (χ1v) is 7.89. The molecule has 1 atom stereocenters. The molecule has 2 aromatic rings. The number of halogens is 1. The molecule has 116 valence electrons. The van der Waals surface area contributed by atoms with E-state index in [-0.39, 0.29) is 17.8 Å². The lowest BCUT2D eigenvalue weighted by Gasteiger charge is -2.21. The molecule has 0 aliphatic heterocycles. The van der Waals surface area contributed by atoms with Gasteiger partial charge in [0.25, 0.3) is 0 Å². The molecule has 0 saturated heterocycles. The number of nitrogens with one attached hydrogen (secondary N) is 1. The highest BCUT2D eigenvalue weighted by atomic mass is 19.1. The number of benzene rings is 1. The summed E-state index contributed by atoms with van der Waals surface area (Å²) in [5.41, 5.74) is 0.817. The number of nitrogens with zero attached hydrogens (tertiary/aromatic N) is 1. The zero-order valence-corrected chi connectivity index (χ0v) is 12.5. The van der Waals surface area contributed by atoms with E-state index in [1.54, 1.807) is 6.07 Å². The van der Waals surface area contributed by atoms with Crippen molar-refractivity contribution >= 4 is 5.91 Å². The molecule has 1 heterocycles. The van der Waals surface area contributed by atoms with E-state index in [0.717, 1.165) is 18.4 Å². The first-order valence-electron chi connectivity index (χ1n) is 7.89. The molecule has 1 fully saturated rings. The minimum atomic E-state index is -0.272. The van der Waals surface area contributed by atoms with Crippen LogP contribution in [0, 0.1) is 5.82 Å². The van der Waals surface area contributed by atoms with Gasteiger partial charge in [-0.2, -0.15) is 0 Å². The fraction of sp³-hybridized carbons (Fsp3) is 0.389. The van der Waals surface area contributed by atoms with Gasteiger partial charge in [0.2, 0.25) is 5.91 Å². The van der Waals surface area contributed by atoms with E-state index < -0.39 is 0 Å². The van der Waals surface area contributed by atoms with E-state index in [1.807, 2.05) is 35.2 Å². The highest BCUT2D eigenvalue weighted by Crippen LogP contribution is 2.24. The lowest BCUT2D eigenvalue weighted by molar-refractivity contribution is -0.122. The van der Waals surface area contributed by atoms with E-state index in [2.05, 4.69) is 5.32 Å². The first-order chi connectivity index (χ1) is 10.7. The minimum Gasteiger partial charge on any atom is -0.353 e. The second-order valence-corrected chi connectivity index (χ2v) is 5.95. The molecule has 0 radical (unpaired) electrons. The van der Waals surface area contributed by atoms with Gasteiger partial charge in [-0.25, -0.2) is 4.39 Å². The normalized spacial score (nSPS) is 16.6. The van der Waals surface area contributed by atoms with Crippen LogP contribution in [-0.4, -0.2) is 16.5 Å². The number of amides is 1. The molecule has 4 heteroatoms. The van der Waals surface area contributed by atoms with Gasteiger partial charge < -0.3 is 9.88 Å². The Morgan fingerprint density at radius 1 is 1.23 bits per heavy atom. The summed E-state index contributed by atoms with van der Waals surface area (Å²) in [4.78, 5) is 12.3. The Bertz CT molecular complexity index is 618. The topological polar surface area (TPSA) is 34.0 Å². The maximum absolute atomic E-state index is 13.5. The molecule has 0 unspecified atom stereocenters. The van der Waals surface area contributed by atoms with Gasteiger partial charge in [-0.05, 0) is 42.7 Å². The van der Waals surface area contributed by atoms with Crippen molar-refractivity contribution in [3.05, 3.63) is 60.2 Å². The lowest BCUT2D eigenvalue weighted by Crippen LogP contribution is -2.34. The van der Waals surface area contributed by atoms with Crippen LogP contribution in [0.4, 0.5) is 4.39 Å². The molecule has 22 heavy (non-hydrogen) atoms. The highest BCUT2D eigenvalue weighted by molar-refractivity contribution is 5.77. The molecule has 1 aromatic carbocycles. The van der Waals surface area contributed by atoms with Crippen LogP contribution in [0.5, 0.6) is 0 Å². The quantitative estimate of drug-likeness (QED) is 0.898. The standard InChI is InChI=1S/C18H21FN2O/c19-15-7-5-6-14(12-15)17(21-10-3-4-11-21)13-18(22)20-16-8-1-2-9-16/h3-7,10-12,16-17H,1-2,8-9,13H2,(H,20,22)/t17-/m0/s1. The lowest BCUT2D eigenvalue weighted by atomic mass is 10.0. The molecule has 1 amide bonds. The monoisotopic (exact) mass is 300 g/mol. The van der Waals surface area contributed by atoms with Crippen molar-refractivity contribution in [2.45, 2.75) is 44.2 Å². The summed E-state index contributed by atoms with van der Waals surface area (Å²) in [5.74, 6) is -0.235. The number of rotatable bonds is 5. The van der Waals surface area contributed by atoms with Crippen LogP contribution in [0.15, 0.2) is 48.8 Å². The summed E-state index contributed by atoms with van der Waals surface area (Å²) in [6.07, 6.45) is 8.68. The van der Waals surface area contributed by atoms with Crippen molar-refractivity contribution in [3.8, 4) is 0 Å². The second-order valence-electron chi connectivity index (χ2n) is 5.95. The average Bonchev–Trinajstić information content (AvgIpc) is 3.18. The molecule has 1 aromatic heterocycles. The third kappa shape index (κ3) is 3.56. The zero-order chi connectivity index (χ0) is 15.4. The Hall–Kier alpha value is -2.10. The van der Waals surface area contributed by atoms with E-state index in [9.17, 15) is 9.18 Å². The molecular weight excluding hydrogens is 279 g/mol. The van der Waals surface area contributed by atoms with Gasteiger partial charge >= 0.3 is 0 Å². The Balaban J connectivity index is 1.75. The fourth-order valence-electron chi connectivity index (χ4n) is 3.20. The van der Waals surface area contributed by atoms with Gasteiger partial charge in [0.05, 0.1) is 12.5 Å². The van der Waals surface area contributed by atoms with Crippen molar-refractivity contribution in [2.24, 2.45) is 0 Å². The minimum absolute atomic E-state index is 0.0369. The third-order valence-electron chi connectivity index (χ3n) is 4.32. The molecule has 3 nitrogen and oxygen atoms in total. The van der Waals surface area contributed by atoms with Crippen molar-refractivity contribution in [1.82, 2.24) is 9.88 Å². The Labute approximate surface area is 130 Å². The van der Waals surface area contributed by atoms with Gasteiger partial charge in [-0.3, -0.25) is 4.79 Å². The molecule has 1 N–H and O–H groups in total. The van der Waals surface area contributed by atoms with E-state index >= 15 is 0 Å². The number of carbonyl (C=O) groups is 1. The molecule has 1 saturated carbocycles. The fourth-order valence-corrected chi connectivity index (χ4v) is 3.20. The predicted octanol–water partition coefficient (Wildman–Crippen LogP) is 3.67. The second kappa shape index (κ2) is 6.77. The summed E-state index contributed by atoms with van der Waals surface area (Å²) in [6.45, 7) is 0. The first kappa shape index (κ1) is 14.8. The summed E-state index contributed by atoms with van der Waals surface area (Å²) >= 11 is 0. The Morgan fingerprint density at radius 3 is 2.64 bits per heavy atom. The SMILES string of the molecule is O=C(C[C@@H](c1cccc(F)c1)n1cccc1)NC1CCCC1. The zero-order valence-electron chi connectivity index (χ0n) is 12.5. The summed E-state index contributed by atoms with van der Waals surface area (Å²) < 4.78 is 15.5. The number of aromatic nitrogens is 1. The summed E-state index contributed by atoms with van der Waals surface area (Å²) in [6, 6.07) is 10.5. The average molecular weight is 300 g/mol. The Morgan fingerprint density at radius 2 is 1.95 bits per heavy atom. The van der Waals surface area contributed by atoms with E-state index in [0.29, 0.717) is 12.5 Å². The number of carbonyl (C=O) groups excluding carboxylic acids is 1. The van der Waals surface area contributed by atoms with Gasteiger partial charge in [-0.1, -0.05) is 25.0 Å². The molecule has 1 aliphatic rings. The predicted molar refractivity (Wildman–Crippen MR) is 84.0 cm³/mol. The third-order valence-corrected chi connectivity index (χ3v) is 4.32. The molecule has 0 spiro atoms. The van der Waals surface area contributed by atoms with Crippen LogP contribution < -0.4 is 5.32 Å². The maximum Gasteiger partial charge on any atom is 0.222 e. The van der Waals surface area contributed by atoms with Crippen LogP contribution in [0.25, 0.3) is 0 Å². The van der Waals surface area contributed by atoms with Crippen LogP contribution in [0.2, 0.25) is 0 Å². The molecule has 0 bridgehead atoms. The largest absolute Gasteiger partial charge is 0.353 e. The number of hydrogen-bond donors (Lipinski definition) is 1. The van der Waals surface area contributed by atoms with Crippen LogP contribution in [0.3, 0.4) is 0 Å². The van der Waals surface area contributed by atoms with Gasteiger partial charge in [0, 0.05) is 18.4 Å². The van der Waals surface area contributed by atoms with Crippen LogP contribution in [-0.2, 0) is 4.79 Å². The van der Waals surface area contributed by atoms with Crippen molar-refractivity contribution in [2.75, 3.05) is 0 Å². The van der Waals surface area contributed by atoms with Gasteiger partial charge in [-0.15, -0.1) is 0 Å². The molecular formula is C18H21FN2O. The highest BCUT2D eigenvalue weighted by Gasteiger charge is 2.21. The smallest absolute Gasteiger partial charge is 0.222 e. The summed E-state index contributed by atoms with van der Waals surface area (Å²) in [5, 5.41) is 3.11. The van der Waals surface area contributed by atoms with Crippen molar-refractivity contribution < 1.29 is 9.18 Å². The van der Waals surface area contributed by atoms with Crippen LogP contribution >= 0.6 is 0 Å². The Kier molecular flexibility index (Phi) is 4.56. The van der Waals surface area contributed by atoms with Gasteiger partial charge in [0.15, 0.2) is 0 Å². The van der Waals surface area contributed by atoms with Crippen molar-refractivity contribution in [3.63, 3.8) is 0 Å². The molecule has 3 rings (SSSR count). The van der Waals surface area contributed by atoms with Gasteiger partial charge in [0.1, 0.15) is 5.82 Å². The van der Waals surface area contributed by atoms with Crippen LogP contribution in [0.1, 0.15) is 43.7 Å². The van der Waals surface area contributed by atoms with E-state index in [4.69, 9.17) is 0 Å². The summed E-state index contributed by atoms with van der Waals surface area (Å²) in [7, 11) is 0. The van der Waals surface area contributed by atoms with E-state index in [1.165, 1.54) is 25.0 Å².